The highest BCUT2D eigenvalue weighted by atomic mass is 127. The highest BCUT2D eigenvalue weighted by molar-refractivity contribution is 14.0. The summed E-state index contributed by atoms with van der Waals surface area (Å²) in [6.45, 7) is 7.48. The lowest BCUT2D eigenvalue weighted by Gasteiger charge is -2.30. The molecule has 1 aromatic carbocycles. The molecule has 0 heterocycles. The van der Waals surface area contributed by atoms with Crippen molar-refractivity contribution in [3.63, 3.8) is 0 Å². The molecular formula is C21H36IN3O2. The van der Waals surface area contributed by atoms with Gasteiger partial charge in [0.05, 0.1) is 7.11 Å². The molecule has 1 saturated carbocycles. The topological polar surface area (TPSA) is 54.9 Å². The lowest BCUT2D eigenvalue weighted by Crippen LogP contribution is -2.43. The molecule has 0 amide bonds. The van der Waals surface area contributed by atoms with Crippen molar-refractivity contribution >= 4 is 29.9 Å². The molecular weight excluding hydrogens is 453 g/mol. The number of guanidine groups is 1. The standard InChI is InChI=1S/C21H35N3O2.HI/c1-5-26-11-10-21(8-6-7-9-21)16-24-20(22-3)23-15-18-12-17(2)13-19(14-18)25-4;/h12-14H,5-11,15-16H2,1-4H3,(H2,22,23,24);1H. The van der Waals surface area contributed by atoms with Crippen LogP contribution in [0, 0.1) is 12.3 Å². The van der Waals surface area contributed by atoms with E-state index in [2.05, 4.69) is 41.6 Å². The second kappa shape index (κ2) is 12.4. The van der Waals surface area contributed by atoms with Gasteiger partial charge in [-0.25, -0.2) is 0 Å². The Morgan fingerprint density at radius 1 is 1.19 bits per heavy atom. The van der Waals surface area contributed by atoms with E-state index in [1.54, 1.807) is 7.11 Å². The van der Waals surface area contributed by atoms with Crippen LogP contribution in [0.3, 0.4) is 0 Å². The van der Waals surface area contributed by atoms with Crippen LogP contribution in [0.5, 0.6) is 5.75 Å². The van der Waals surface area contributed by atoms with Crippen LogP contribution in [0.25, 0.3) is 0 Å². The quantitative estimate of drug-likeness (QED) is 0.236. The lowest BCUT2D eigenvalue weighted by atomic mass is 9.83. The molecule has 0 aromatic heterocycles. The Hall–Kier alpha value is -1.02. The smallest absolute Gasteiger partial charge is 0.191 e. The average Bonchev–Trinajstić information content (AvgIpc) is 3.10. The summed E-state index contributed by atoms with van der Waals surface area (Å²) >= 11 is 0. The minimum atomic E-state index is 0. The molecule has 27 heavy (non-hydrogen) atoms. The third-order valence-corrected chi connectivity index (χ3v) is 5.31. The van der Waals surface area contributed by atoms with Gasteiger partial charge in [-0.2, -0.15) is 0 Å². The first-order valence-electron chi connectivity index (χ1n) is 9.77. The van der Waals surface area contributed by atoms with Crippen molar-refractivity contribution in [2.24, 2.45) is 10.4 Å². The Balaban J connectivity index is 0.00000364. The normalized spacial score (nSPS) is 15.9. The summed E-state index contributed by atoms with van der Waals surface area (Å²) in [6, 6.07) is 6.27. The fraction of sp³-hybridized carbons (Fsp3) is 0.667. The van der Waals surface area contributed by atoms with Gasteiger partial charge in [-0.1, -0.05) is 18.9 Å². The van der Waals surface area contributed by atoms with Crippen LogP contribution in [0.15, 0.2) is 23.2 Å². The van der Waals surface area contributed by atoms with Gasteiger partial charge in [-0.15, -0.1) is 24.0 Å². The molecule has 1 aromatic rings. The van der Waals surface area contributed by atoms with E-state index in [-0.39, 0.29) is 24.0 Å². The van der Waals surface area contributed by atoms with E-state index in [1.165, 1.54) is 36.8 Å². The Kier molecular flexibility index (Phi) is 11.1. The zero-order chi connectivity index (χ0) is 18.8. The van der Waals surface area contributed by atoms with Crippen LogP contribution >= 0.6 is 24.0 Å². The highest BCUT2D eigenvalue weighted by Gasteiger charge is 2.33. The molecule has 0 unspecified atom stereocenters. The molecule has 6 heteroatoms. The van der Waals surface area contributed by atoms with Crippen LogP contribution < -0.4 is 15.4 Å². The summed E-state index contributed by atoms with van der Waals surface area (Å²) in [6.07, 6.45) is 6.32. The molecule has 0 saturated heterocycles. The van der Waals surface area contributed by atoms with E-state index in [9.17, 15) is 0 Å². The van der Waals surface area contributed by atoms with E-state index < -0.39 is 0 Å². The van der Waals surface area contributed by atoms with Gasteiger partial charge >= 0.3 is 0 Å². The predicted octanol–water partition coefficient (Wildman–Crippen LogP) is 4.27. The number of benzene rings is 1. The zero-order valence-corrected chi connectivity index (χ0v) is 19.6. The summed E-state index contributed by atoms with van der Waals surface area (Å²) in [5, 5.41) is 6.97. The highest BCUT2D eigenvalue weighted by Crippen LogP contribution is 2.40. The number of aliphatic imine (C=N–C) groups is 1. The van der Waals surface area contributed by atoms with E-state index in [4.69, 9.17) is 9.47 Å². The minimum absolute atomic E-state index is 0. The van der Waals surface area contributed by atoms with Crippen LogP contribution in [0.1, 0.15) is 50.2 Å². The fourth-order valence-corrected chi connectivity index (χ4v) is 3.80. The molecule has 0 spiro atoms. The Morgan fingerprint density at radius 2 is 1.93 bits per heavy atom. The summed E-state index contributed by atoms with van der Waals surface area (Å²) < 4.78 is 11.0. The van der Waals surface area contributed by atoms with Crippen molar-refractivity contribution in [2.75, 3.05) is 33.9 Å². The minimum Gasteiger partial charge on any atom is -0.497 e. The van der Waals surface area contributed by atoms with Gasteiger partial charge in [0, 0.05) is 33.4 Å². The number of hydrogen-bond donors (Lipinski definition) is 2. The maximum Gasteiger partial charge on any atom is 0.191 e. The first-order chi connectivity index (χ1) is 12.6. The maximum absolute atomic E-state index is 5.61. The molecule has 1 aliphatic carbocycles. The van der Waals surface area contributed by atoms with Crippen LogP contribution in [-0.2, 0) is 11.3 Å². The number of ether oxygens (including phenoxy) is 2. The van der Waals surface area contributed by atoms with Gasteiger partial charge < -0.3 is 20.1 Å². The Bertz CT molecular complexity index is 587. The van der Waals surface area contributed by atoms with Crippen molar-refractivity contribution in [3.05, 3.63) is 29.3 Å². The van der Waals surface area contributed by atoms with Crippen LogP contribution in [0.4, 0.5) is 0 Å². The van der Waals surface area contributed by atoms with Gasteiger partial charge in [0.15, 0.2) is 5.96 Å². The lowest BCUT2D eigenvalue weighted by molar-refractivity contribution is 0.105. The molecule has 0 radical (unpaired) electrons. The second-order valence-corrected chi connectivity index (χ2v) is 7.29. The largest absolute Gasteiger partial charge is 0.497 e. The van der Waals surface area contributed by atoms with Crippen molar-refractivity contribution in [3.8, 4) is 5.75 Å². The molecule has 1 fully saturated rings. The van der Waals surface area contributed by atoms with Gasteiger partial charge in [0.25, 0.3) is 0 Å². The number of rotatable bonds is 9. The van der Waals surface area contributed by atoms with Crippen molar-refractivity contribution in [1.82, 2.24) is 10.6 Å². The number of methoxy groups -OCH3 is 1. The number of nitrogens with one attached hydrogen (secondary N) is 2. The van der Waals surface area contributed by atoms with E-state index >= 15 is 0 Å². The van der Waals surface area contributed by atoms with Gasteiger partial charge in [-0.3, -0.25) is 4.99 Å². The summed E-state index contributed by atoms with van der Waals surface area (Å²) in [5.74, 6) is 1.75. The number of hydrogen-bond acceptors (Lipinski definition) is 3. The first-order valence-corrected chi connectivity index (χ1v) is 9.77. The Morgan fingerprint density at radius 3 is 2.56 bits per heavy atom. The number of aryl methyl sites for hydroxylation is 1. The van der Waals surface area contributed by atoms with E-state index in [0.717, 1.165) is 44.4 Å². The third kappa shape index (κ3) is 7.86. The van der Waals surface area contributed by atoms with Gasteiger partial charge in [-0.05, 0) is 61.8 Å². The zero-order valence-electron chi connectivity index (χ0n) is 17.3. The van der Waals surface area contributed by atoms with Crippen LogP contribution in [0.2, 0.25) is 0 Å². The maximum atomic E-state index is 5.61. The SMILES string of the molecule is CCOCCC1(CNC(=NC)NCc2cc(C)cc(OC)c2)CCCC1.I. The third-order valence-electron chi connectivity index (χ3n) is 5.31. The molecule has 0 atom stereocenters. The fourth-order valence-electron chi connectivity index (χ4n) is 3.80. The number of nitrogens with zero attached hydrogens (tertiary/aromatic N) is 1. The summed E-state index contributed by atoms with van der Waals surface area (Å²) in [7, 11) is 3.53. The van der Waals surface area contributed by atoms with Gasteiger partial charge in [0.2, 0.25) is 0 Å². The number of halogens is 1. The molecule has 0 bridgehead atoms. The van der Waals surface area contributed by atoms with Gasteiger partial charge in [0.1, 0.15) is 5.75 Å². The van der Waals surface area contributed by atoms with Crippen molar-refractivity contribution in [2.45, 2.75) is 52.5 Å². The Labute approximate surface area is 181 Å². The van der Waals surface area contributed by atoms with Crippen LogP contribution in [-0.4, -0.2) is 39.9 Å². The first kappa shape index (κ1) is 24.0. The molecule has 154 valence electrons. The van der Waals surface area contributed by atoms with Crippen molar-refractivity contribution in [1.29, 1.82) is 0 Å². The average molecular weight is 489 g/mol. The van der Waals surface area contributed by atoms with E-state index in [1.807, 2.05) is 13.1 Å². The second-order valence-electron chi connectivity index (χ2n) is 7.29. The molecule has 2 N–H and O–H groups in total. The molecule has 1 aliphatic rings. The predicted molar refractivity (Wildman–Crippen MR) is 123 cm³/mol. The van der Waals surface area contributed by atoms with E-state index in [0.29, 0.717) is 5.41 Å². The monoisotopic (exact) mass is 489 g/mol. The molecule has 0 aliphatic heterocycles. The summed E-state index contributed by atoms with van der Waals surface area (Å²) in [4.78, 5) is 4.39. The molecule has 5 nitrogen and oxygen atoms in total. The summed E-state index contributed by atoms with van der Waals surface area (Å²) in [5.41, 5.74) is 2.74. The molecule has 2 rings (SSSR count). The van der Waals surface area contributed by atoms with Crippen molar-refractivity contribution < 1.29 is 9.47 Å².